The first kappa shape index (κ1) is 15.4. The largest absolute Gasteiger partial charge is 0.495 e. The van der Waals surface area contributed by atoms with E-state index in [0.29, 0.717) is 5.75 Å². The highest BCUT2D eigenvalue weighted by Gasteiger charge is 2.32. The molecule has 0 spiro atoms. The number of sulfonamides is 1. The van der Waals surface area contributed by atoms with E-state index in [1.54, 1.807) is 0 Å². The van der Waals surface area contributed by atoms with Crippen LogP contribution in [0, 0.1) is 0 Å². The number of carbonyl (C=O) groups is 1. The number of nitrogens with one attached hydrogen (secondary N) is 1. The summed E-state index contributed by atoms with van der Waals surface area (Å²) in [7, 11) is -1.09. The smallest absolute Gasteiger partial charge is 0.247 e. The Morgan fingerprint density at radius 2 is 1.90 bits per heavy atom. The van der Waals surface area contributed by atoms with E-state index in [0.717, 1.165) is 4.31 Å². The number of nitrogen functional groups attached to an aromatic ring is 1. The van der Waals surface area contributed by atoms with Crippen molar-refractivity contribution in [1.82, 2.24) is 9.62 Å². The standard InChI is InChI=1S/C12H17N3O5S/c1-19-9-6-10(20-2)11(5-8(9)13)21(17,18)15-4-3-14-12(16)7-15/h5-6H,3-4,7,13H2,1-2H3,(H,14,16). The highest BCUT2D eigenvalue weighted by atomic mass is 32.2. The number of hydrogen-bond donors (Lipinski definition) is 2. The van der Waals surface area contributed by atoms with E-state index < -0.39 is 10.0 Å². The molecule has 1 aromatic rings. The minimum absolute atomic E-state index is 0.0852. The lowest BCUT2D eigenvalue weighted by Crippen LogP contribution is -2.49. The van der Waals surface area contributed by atoms with Gasteiger partial charge in [-0.2, -0.15) is 4.31 Å². The zero-order chi connectivity index (χ0) is 15.6. The summed E-state index contributed by atoms with van der Waals surface area (Å²) in [5.41, 5.74) is 5.95. The molecule has 2 rings (SSSR count). The molecule has 1 fully saturated rings. The molecular weight excluding hydrogens is 298 g/mol. The van der Waals surface area contributed by atoms with Gasteiger partial charge in [0.2, 0.25) is 15.9 Å². The van der Waals surface area contributed by atoms with Crippen molar-refractivity contribution in [3.05, 3.63) is 12.1 Å². The summed E-state index contributed by atoms with van der Waals surface area (Å²) >= 11 is 0. The number of nitrogens with zero attached hydrogens (tertiary/aromatic N) is 1. The van der Waals surface area contributed by atoms with Crippen LogP contribution in [0.5, 0.6) is 11.5 Å². The molecule has 1 saturated heterocycles. The predicted molar refractivity (Wildman–Crippen MR) is 75.7 cm³/mol. The van der Waals surface area contributed by atoms with Crippen molar-refractivity contribution in [3.8, 4) is 11.5 Å². The molecule has 116 valence electrons. The summed E-state index contributed by atoms with van der Waals surface area (Å²) in [5.74, 6) is 0.0968. The Balaban J connectivity index is 2.48. The Labute approximate surface area is 122 Å². The van der Waals surface area contributed by atoms with Gasteiger partial charge in [0.05, 0.1) is 26.5 Å². The second-order valence-corrected chi connectivity index (χ2v) is 6.34. The van der Waals surface area contributed by atoms with E-state index in [1.165, 1.54) is 26.4 Å². The van der Waals surface area contributed by atoms with Crippen LogP contribution in [0.25, 0.3) is 0 Å². The normalized spacial score (nSPS) is 16.4. The minimum atomic E-state index is -3.87. The molecule has 0 aliphatic carbocycles. The lowest BCUT2D eigenvalue weighted by Gasteiger charge is -2.26. The Hall–Kier alpha value is -2.00. The number of nitrogens with two attached hydrogens (primary N) is 1. The van der Waals surface area contributed by atoms with Crippen LogP contribution in [0.3, 0.4) is 0 Å². The number of carbonyl (C=O) groups excluding carboxylic acids is 1. The molecule has 1 heterocycles. The third kappa shape index (κ3) is 2.88. The van der Waals surface area contributed by atoms with Gasteiger partial charge in [0.1, 0.15) is 16.4 Å². The summed E-state index contributed by atoms with van der Waals surface area (Å²) in [4.78, 5) is 11.3. The second-order valence-electron chi connectivity index (χ2n) is 4.43. The zero-order valence-corrected chi connectivity index (χ0v) is 12.6. The Morgan fingerprint density at radius 1 is 1.24 bits per heavy atom. The van der Waals surface area contributed by atoms with Crippen molar-refractivity contribution in [3.63, 3.8) is 0 Å². The number of piperazine rings is 1. The lowest BCUT2D eigenvalue weighted by atomic mass is 10.3. The average Bonchev–Trinajstić information content (AvgIpc) is 2.47. The summed E-state index contributed by atoms with van der Waals surface area (Å²) in [6, 6.07) is 2.69. The number of anilines is 1. The summed E-state index contributed by atoms with van der Waals surface area (Å²) in [6.45, 7) is 0.243. The first-order valence-electron chi connectivity index (χ1n) is 6.18. The first-order valence-corrected chi connectivity index (χ1v) is 7.62. The van der Waals surface area contributed by atoms with Gasteiger partial charge in [0.15, 0.2) is 0 Å². The van der Waals surface area contributed by atoms with E-state index in [-0.39, 0.29) is 41.9 Å². The van der Waals surface area contributed by atoms with Crippen LogP contribution < -0.4 is 20.5 Å². The Morgan fingerprint density at radius 3 is 2.48 bits per heavy atom. The van der Waals surface area contributed by atoms with Crippen molar-refractivity contribution >= 4 is 21.6 Å². The fourth-order valence-electron chi connectivity index (χ4n) is 2.05. The predicted octanol–water partition coefficient (Wildman–Crippen LogP) is -0.593. The van der Waals surface area contributed by atoms with Crippen molar-refractivity contribution in [2.24, 2.45) is 0 Å². The van der Waals surface area contributed by atoms with Crippen LogP contribution in [-0.2, 0) is 14.8 Å². The van der Waals surface area contributed by atoms with Gasteiger partial charge in [-0.15, -0.1) is 0 Å². The van der Waals surface area contributed by atoms with Gasteiger partial charge in [0, 0.05) is 19.2 Å². The molecule has 8 nitrogen and oxygen atoms in total. The van der Waals surface area contributed by atoms with Crippen LogP contribution in [-0.4, -0.2) is 52.5 Å². The van der Waals surface area contributed by atoms with Crippen LogP contribution in [0.4, 0.5) is 5.69 Å². The Bertz CT molecular complexity index is 659. The lowest BCUT2D eigenvalue weighted by molar-refractivity contribution is -0.122. The van der Waals surface area contributed by atoms with Crippen LogP contribution in [0.15, 0.2) is 17.0 Å². The molecule has 0 aromatic heterocycles. The van der Waals surface area contributed by atoms with Crippen LogP contribution in [0.1, 0.15) is 0 Å². The number of ether oxygens (including phenoxy) is 2. The summed E-state index contributed by atoms with van der Waals surface area (Å²) in [5, 5.41) is 2.57. The van der Waals surface area contributed by atoms with E-state index in [2.05, 4.69) is 5.32 Å². The molecule has 21 heavy (non-hydrogen) atoms. The highest BCUT2D eigenvalue weighted by molar-refractivity contribution is 7.89. The first-order chi connectivity index (χ1) is 9.90. The number of amides is 1. The van der Waals surface area contributed by atoms with Gasteiger partial charge in [-0.25, -0.2) is 8.42 Å². The van der Waals surface area contributed by atoms with E-state index >= 15 is 0 Å². The molecule has 0 saturated carbocycles. The fourth-order valence-corrected chi connectivity index (χ4v) is 3.62. The summed E-state index contributed by atoms with van der Waals surface area (Å²) in [6.07, 6.45) is 0. The van der Waals surface area contributed by atoms with E-state index in [1.807, 2.05) is 0 Å². The molecule has 3 N–H and O–H groups in total. The van der Waals surface area contributed by atoms with Crippen molar-refractivity contribution in [2.75, 3.05) is 39.6 Å². The molecule has 0 radical (unpaired) electrons. The number of hydrogen-bond acceptors (Lipinski definition) is 6. The maximum Gasteiger partial charge on any atom is 0.247 e. The van der Waals surface area contributed by atoms with Gasteiger partial charge in [-0.3, -0.25) is 4.79 Å². The Kier molecular flexibility index (Phi) is 4.24. The number of benzene rings is 1. The third-order valence-electron chi connectivity index (χ3n) is 3.14. The number of rotatable bonds is 4. The van der Waals surface area contributed by atoms with Gasteiger partial charge < -0.3 is 20.5 Å². The second kappa shape index (κ2) is 5.78. The topological polar surface area (TPSA) is 111 Å². The molecule has 1 aromatic carbocycles. The maximum atomic E-state index is 12.6. The average molecular weight is 315 g/mol. The molecular formula is C12H17N3O5S. The summed E-state index contributed by atoms with van der Waals surface area (Å²) < 4.78 is 36.5. The van der Waals surface area contributed by atoms with Crippen LogP contribution in [0.2, 0.25) is 0 Å². The van der Waals surface area contributed by atoms with Gasteiger partial charge in [0.25, 0.3) is 0 Å². The van der Waals surface area contributed by atoms with E-state index in [4.69, 9.17) is 15.2 Å². The molecule has 1 amide bonds. The molecule has 1 aliphatic heterocycles. The molecule has 0 bridgehead atoms. The fraction of sp³-hybridized carbons (Fsp3) is 0.417. The molecule has 1 aliphatic rings. The monoisotopic (exact) mass is 315 g/mol. The van der Waals surface area contributed by atoms with Gasteiger partial charge in [-0.1, -0.05) is 0 Å². The number of methoxy groups -OCH3 is 2. The SMILES string of the molecule is COc1cc(OC)c(S(=O)(=O)N2CCNC(=O)C2)cc1N. The van der Waals surface area contributed by atoms with E-state index in [9.17, 15) is 13.2 Å². The quantitative estimate of drug-likeness (QED) is 0.718. The minimum Gasteiger partial charge on any atom is -0.495 e. The van der Waals surface area contributed by atoms with Crippen molar-refractivity contribution in [1.29, 1.82) is 0 Å². The van der Waals surface area contributed by atoms with Crippen molar-refractivity contribution < 1.29 is 22.7 Å². The maximum absolute atomic E-state index is 12.6. The third-order valence-corrected chi connectivity index (χ3v) is 5.00. The highest BCUT2D eigenvalue weighted by Crippen LogP contribution is 2.35. The molecule has 9 heteroatoms. The van der Waals surface area contributed by atoms with Crippen molar-refractivity contribution in [2.45, 2.75) is 4.90 Å². The molecule has 0 atom stereocenters. The van der Waals surface area contributed by atoms with Crippen LogP contribution >= 0.6 is 0 Å². The molecule has 0 unspecified atom stereocenters. The van der Waals surface area contributed by atoms with Gasteiger partial charge in [-0.05, 0) is 6.07 Å². The zero-order valence-electron chi connectivity index (χ0n) is 11.8. The van der Waals surface area contributed by atoms with Gasteiger partial charge >= 0.3 is 0 Å².